The predicted molar refractivity (Wildman–Crippen MR) is 213 cm³/mol. The first-order valence-corrected chi connectivity index (χ1v) is 22.0. The third kappa shape index (κ3) is 14.4. The lowest BCUT2D eigenvalue weighted by atomic mass is 9.92. The van der Waals surface area contributed by atoms with E-state index in [1.54, 1.807) is 24.3 Å². The fraction of sp³-hybridized carbons (Fsp3) is 0.659. The number of nitriles is 2. The van der Waals surface area contributed by atoms with Crippen molar-refractivity contribution in [2.75, 3.05) is 32.2 Å². The Labute approximate surface area is 336 Å². The third-order valence-electron chi connectivity index (χ3n) is 10.3. The van der Waals surface area contributed by atoms with Crippen LogP contribution in [0, 0.1) is 22.7 Å². The molecule has 1 aliphatic heterocycles. The molecule has 6 atom stereocenters. The van der Waals surface area contributed by atoms with Crippen LogP contribution in [0.15, 0.2) is 42.7 Å². The van der Waals surface area contributed by atoms with Gasteiger partial charge in [-0.05, 0) is 49.1 Å². The minimum Gasteiger partial charge on any atom is -0.387 e. The van der Waals surface area contributed by atoms with E-state index in [2.05, 4.69) is 23.1 Å². The van der Waals surface area contributed by atoms with Crippen molar-refractivity contribution < 1.29 is 42.9 Å². The molecule has 0 bridgehead atoms. The maximum atomic E-state index is 13.0. The molecule has 314 valence electrons. The minimum atomic E-state index is -4.72. The lowest BCUT2D eigenvalue weighted by molar-refractivity contribution is -0.0658. The van der Waals surface area contributed by atoms with Crippen molar-refractivity contribution in [2.45, 2.75) is 146 Å². The van der Waals surface area contributed by atoms with Crippen molar-refractivity contribution >= 4 is 19.2 Å². The molecule has 0 spiro atoms. The van der Waals surface area contributed by atoms with Crippen LogP contribution in [0.3, 0.4) is 0 Å². The minimum absolute atomic E-state index is 0.0848. The molecule has 1 fully saturated rings. The van der Waals surface area contributed by atoms with Crippen LogP contribution in [-0.4, -0.2) is 80.5 Å². The summed E-state index contributed by atoms with van der Waals surface area (Å²) in [6.07, 6.45) is 14.0. The molecule has 16 heteroatoms. The van der Waals surface area contributed by atoms with Gasteiger partial charge in [-0.15, -0.1) is 0 Å². The number of ether oxygens (including phenoxy) is 3. The van der Waals surface area contributed by atoms with E-state index in [1.807, 2.05) is 12.1 Å². The Morgan fingerprint density at radius 2 is 1.61 bits per heavy atom. The normalized spacial score (nSPS) is 21.0. The van der Waals surface area contributed by atoms with Gasteiger partial charge in [0.2, 0.25) is 5.60 Å². The summed E-state index contributed by atoms with van der Waals surface area (Å²) in [7, 11) is -4.72. The number of phosphoric ester groups is 1. The zero-order chi connectivity index (χ0) is 40.9. The van der Waals surface area contributed by atoms with Crippen molar-refractivity contribution in [1.29, 1.82) is 10.5 Å². The summed E-state index contributed by atoms with van der Waals surface area (Å²) in [5, 5.41) is 45.3. The maximum Gasteiger partial charge on any atom is 0.472 e. The van der Waals surface area contributed by atoms with Crippen LogP contribution < -0.4 is 5.73 Å². The molecule has 0 amide bonds. The topological polar surface area (TPSA) is 228 Å². The summed E-state index contributed by atoms with van der Waals surface area (Å²) in [5.74, 6) is 0.130. The van der Waals surface area contributed by atoms with Crippen molar-refractivity contribution in [3.8, 4) is 12.1 Å². The van der Waals surface area contributed by atoms with E-state index >= 15 is 0 Å². The number of aromatic nitrogens is 3. The molecule has 0 radical (unpaired) electrons. The van der Waals surface area contributed by atoms with Crippen LogP contribution in [0.2, 0.25) is 0 Å². The van der Waals surface area contributed by atoms with E-state index in [9.17, 15) is 30.2 Å². The Morgan fingerprint density at radius 1 is 0.947 bits per heavy atom. The Hall–Kier alpha value is -3.47. The molecular formula is C41H61N6O9P. The lowest BCUT2D eigenvalue weighted by Gasteiger charge is -2.24. The monoisotopic (exact) mass is 812 g/mol. The van der Waals surface area contributed by atoms with Gasteiger partial charge in [0.25, 0.3) is 0 Å². The zero-order valence-corrected chi connectivity index (χ0v) is 34.1. The fourth-order valence-electron chi connectivity index (χ4n) is 6.99. The number of anilines is 1. The molecule has 0 saturated carbocycles. The number of unbranched alkanes of at least 4 members (excludes halogenated alkanes) is 13. The van der Waals surface area contributed by atoms with Crippen LogP contribution in [0.1, 0.15) is 126 Å². The highest BCUT2D eigenvalue weighted by Crippen LogP contribution is 2.46. The highest BCUT2D eigenvalue weighted by atomic mass is 31.2. The van der Waals surface area contributed by atoms with E-state index in [1.165, 1.54) is 68.3 Å². The standard InChI is InChI=1S/C41H61N6O9P/c1-2-3-4-5-9-12-15-23-52-24-16-13-10-7-6-8-11-14-20-34(53-27-33-19-17-18-32(25-33)26-42)28-54-57(50,51)55-29-36-38(48)39(49)41(30-43,56-36)37-22-21-35-40(44)45-31-46-47(35)37/h17-19,21-22,25,31,34,36,38-39,48-49H,2-16,20,23-24,27-29H2,1H3,(H,50,51)(H2,44,45,46)/t34-,36-,38?,39+,41+/m1/s1. The molecule has 2 unspecified atom stereocenters. The van der Waals surface area contributed by atoms with Gasteiger partial charge in [0.15, 0.2) is 5.82 Å². The van der Waals surface area contributed by atoms with Gasteiger partial charge < -0.3 is 35.1 Å². The summed E-state index contributed by atoms with van der Waals surface area (Å²) >= 11 is 0. The number of hydrogen-bond acceptors (Lipinski definition) is 13. The molecule has 1 aromatic carbocycles. The van der Waals surface area contributed by atoms with Gasteiger partial charge in [-0.3, -0.25) is 9.05 Å². The van der Waals surface area contributed by atoms with Gasteiger partial charge in [-0.1, -0.05) is 103 Å². The van der Waals surface area contributed by atoms with Crippen molar-refractivity contribution in [2.24, 2.45) is 0 Å². The Balaban J connectivity index is 1.18. The summed E-state index contributed by atoms with van der Waals surface area (Å²) in [5.41, 5.74) is 5.54. The molecular weight excluding hydrogens is 751 g/mol. The molecule has 0 aliphatic carbocycles. The first-order chi connectivity index (χ1) is 27.6. The number of aliphatic hydroxyl groups excluding tert-OH is 2. The first kappa shape index (κ1) is 46.2. The molecule has 1 aliphatic rings. The quantitative estimate of drug-likeness (QED) is 0.0408. The molecule has 2 aromatic heterocycles. The number of nitrogens with zero attached hydrogens (tertiary/aromatic N) is 5. The molecule has 3 heterocycles. The second-order valence-corrected chi connectivity index (χ2v) is 16.2. The van der Waals surface area contributed by atoms with Crippen LogP contribution in [0.5, 0.6) is 0 Å². The van der Waals surface area contributed by atoms with Crippen LogP contribution in [0.25, 0.3) is 5.52 Å². The second kappa shape index (κ2) is 24.5. The Bertz CT molecular complexity index is 1770. The van der Waals surface area contributed by atoms with E-state index in [4.69, 9.17) is 29.0 Å². The number of nitrogens with two attached hydrogens (primary N) is 1. The number of nitrogen functional groups attached to an aromatic ring is 1. The SMILES string of the molecule is CCCCCCCCCOCCCCCCCCCC[C@H](COP(=O)(O)OC[C@H]1O[C@@](C#N)(c2ccc3c(N)ncnn23)[C@@H](O)C1O)OCc1cccc(C#N)c1. The van der Waals surface area contributed by atoms with Gasteiger partial charge in [0, 0.05) is 13.2 Å². The van der Waals surface area contributed by atoms with Crippen LogP contribution in [0.4, 0.5) is 5.82 Å². The molecule has 15 nitrogen and oxygen atoms in total. The van der Waals surface area contributed by atoms with Gasteiger partial charge >= 0.3 is 7.82 Å². The summed E-state index contributed by atoms with van der Waals surface area (Å²) in [6, 6.07) is 14.1. The highest BCUT2D eigenvalue weighted by Gasteiger charge is 2.58. The number of phosphoric acid groups is 1. The van der Waals surface area contributed by atoms with E-state index in [-0.39, 0.29) is 24.7 Å². The summed E-state index contributed by atoms with van der Waals surface area (Å²) in [6.45, 7) is 3.19. The van der Waals surface area contributed by atoms with Gasteiger partial charge in [0.1, 0.15) is 36.2 Å². The predicted octanol–water partition coefficient (Wildman–Crippen LogP) is 7.02. The van der Waals surface area contributed by atoms with Crippen molar-refractivity contribution in [3.63, 3.8) is 0 Å². The van der Waals surface area contributed by atoms with Gasteiger partial charge in [-0.25, -0.2) is 14.1 Å². The Kier molecular flexibility index (Phi) is 19.8. The molecule has 57 heavy (non-hydrogen) atoms. The lowest BCUT2D eigenvalue weighted by Crippen LogP contribution is -2.41. The van der Waals surface area contributed by atoms with Crippen molar-refractivity contribution in [1.82, 2.24) is 14.6 Å². The second-order valence-electron chi connectivity index (χ2n) is 14.8. The number of rotatable bonds is 29. The number of fused-ring (bicyclic) bond motifs is 1. The first-order valence-electron chi connectivity index (χ1n) is 20.5. The van der Waals surface area contributed by atoms with E-state index < -0.39 is 44.4 Å². The fourth-order valence-corrected chi connectivity index (χ4v) is 7.76. The van der Waals surface area contributed by atoms with Gasteiger partial charge in [-0.2, -0.15) is 15.6 Å². The molecule has 1 saturated heterocycles. The number of hydrogen-bond donors (Lipinski definition) is 4. The third-order valence-corrected chi connectivity index (χ3v) is 11.3. The molecule has 3 aromatic rings. The number of benzene rings is 1. The van der Waals surface area contributed by atoms with Crippen LogP contribution in [-0.2, 0) is 40.0 Å². The highest BCUT2D eigenvalue weighted by molar-refractivity contribution is 7.47. The zero-order valence-electron chi connectivity index (χ0n) is 33.3. The maximum absolute atomic E-state index is 13.0. The van der Waals surface area contributed by atoms with E-state index in [0.717, 1.165) is 63.7 Å². The number of aliphatic hydroxyl groups is 2. The summed E-state index contributed by atoms with van der Waals surface area (Å²) < 4.78 is 42.6. The smallest absolute Gasteiger partial charge is 0.387 e. The van der Waals surface area contributed by atoms with E-state index in [0.29, 0.717) is 17.5 Å². The largest absolute Gasteiger partial charge is 0.472 e. The molecule has 4 rings (SSSR count). The average molecular weight is 813 g/mol. The average Bonchev–Trinajstić information content (AvgIpc) is 3.76. The van der Waals surface area contributed by atoms with Crippen LogP contribution >= 0.6 is 7.82 Å². The van der Waals surface area contributed by atoms with Gasteiger partial charge in [0.05, 0.1) is 43.3 Å². The molecule has 5 N–H and O–H groups in total. The van der Waals surface area contributed by atoms with Crippen molar-refractivity contribution in [3.05, 3.63) is 59.5 Å². The summed E-state index contributed by atoms with van der Waals surface area (Å²) in [4.78, 5) is 14.5. The Morgan fingerprint density at radius 3 is 2.28 bits per heavy atom.